The molecule has 4 rings (SSSR count). The van der Waals surface area contributed by atoms with Crippen molar-refractivity contribution in [2.24, 2.45) is 0 Å². The van der Waals surface area contributed by atoms with E-state index < -0.39 is 10.8 Å². The van der Waals surface area contributed by atoms with Crippen molar-refractivity contribution < 1.29 is 19.2 Å². The monoisotopic (exact) mass is 494 g/mol. The van der Waals surface area contributed by atoms with Crippen molar-refractivity contribution in [2.45, 2.75) is 4.34 Å². The van der Waals surface area contributed by atoms with Crippen LogP contribution in [-0.2, 0) is 4.79 Å². The number of nitrogens with zero attached hydrogens (tertiary/aromatic N) is 2. The van der Waals surface area contributed by atoms with Crippen molar-refractivity contribution >= 4 is 62.2 Å². The van der Waals surface area contributed by atoms with Gasteiger partial charge in [0, 0.05) is 11.3 Å². The number of amides is 2. The van der Waals surface area contributed by atoms with Gasteiger partial charge in [0.2, 0.25) is 5.91 Å². The quantitative estimate of drug-likeness (QED) is 0.196. The van der Waals surface area contributed by atoms with Gasteiger partial charge in [0.1, 0.15) is 11.4 Å². The SMILES string of the molecule is COc1ccc(NC(=O)CSc2nc3ccc(NC(=O)c4ccccc4)cc3s2)c([N+](=O)[O-])c1. The fraction of sp³-hybridized carbons (Fsp3) is 0.0870. The van der Waals surface area contributed by atoms with Crippen LogP contribution in [0.25, 0.3) is 10.2 Å². The number of thioether (sulfide) groups is 1. The summed E-state index contributed by atoms with van der Waals surface area (Å²) in [5.74, 6) is -0.245. The summed E-state index contributed by atoms with van der Waals surface area (Å²) in [5.41, 5.74) is 1.80. The first-order chi connectivity index (χ1) is 16.4. The summed E-state index contributed by atoms with van der Waals surface area (Å²) in [6.07, 6.45) is 0. The maximum Gasteiger partial charge on any atom is 0.296 e. The molecule has 2 N–H and O–H groups in total. The van der Waals surface area contributed by atoms with Gasteiger partial charge in [-0.25, -0.2) is 4.98 Å². The van der Waals surface area contributed by atoms with Crippen molar-refractivity contribution in [3.05, 3.63) is 82.4 Å². The highest BCUT2D eigenvalue weighted by molar-refractivity contribution is 8.01. The summed E-state index contributed by atoms with van der Waals surface area (Å²) < 4.78 is 6.53. The van der Waals surface area contributed by atoms with E-state index in [0.717, 1.165) is 10.2 Å². The third-order valence-corrected chi connectivity index (χ3v) is 6.83. The molecule has 9 nitrogen and oxygen atoms in total. The molecule has 0 unspecified atom stereocenters. The lowest BCUT2D eigenvalue weighted by atomic mass is 10.2. The van der Waals surface area contributed by atoms with E-state index in [2.05, 4.69) is 15.6 Å². The first-order valence-corrected chi connectivity index (χ1v) is 11.8. The second-order valence-corrected chi connectivity index (χ2v) is 9.21. The average Bonchev–Trinajstić information content (AvgIpc) is 3.25. The number of ether oxygens (including phenoxy) is 1. The average molecular weight is 495 g/mol. The van der Waals surface area contributed by atoms with E-state index in [4.69, 9.17) is 4.74 Å². The topological polar surface area (TPSA) is 123 Å². The number of fused-ring (bicyclic) bond motifs is 1. The molecular weight excluding hydrogens is 476 g/mol. The number of carbonyl (C=O) groups is 2. The van der Waals surface area contributed by atoms with Crippen LogP contribution < -0.4 is 15.4 Å². The molecule has 1 heterocycles. The molecule has 172 valence electrons. The number of methoxy groups -OCH3 is 1. The number of nitro benzene ring substituents is 1. The normalized spacial score (nSPS) is 10.6. The predicted molar refractivity (Wildman–Crippen MR) is 133 cm³/mol. The van der Waals surface area contributed by atoms with Crippen molar-refractivity contribution in [2.75, 3.05) is 23.5 Å². The lowest BCUT2D eigenvalue weighted by Crippen LogP contribution is -2.15. The van der Waals surface area contributed by atoms with Gasteiger partial charge in [0.05, 0.1) is 34.1 Å². The highest BCUT2D eigenvalue weighted by Crippen LogP contribution is 2.32. The summed E-state index contributed by atoms with van der Waals surface area (Å²) >= 11 is 2.62. The maximum absolute atomic E-state index is 12.4. The summed E-state index contributed by atoms with van der Waals surface area (Å²) in [5, 5.41) is 16.7. The maximum atomic E-state index is 12.4. The molecule has 11 heteroatoms. The van der Waals surface area contributed by atoms with Crippen LogP contribution in [0.1, 0.15) is 10.4 Å². The van der Waals surface area contributed by atoms with Crippen LogP contribution >= 0.6 is 23.1 Å². The van der Waals surface area contributed by atoms with Crippen LogP contribution in [0.2, 0.25) is 0 Å². The first kappa shape index (κ1) is 23.2. The number of benzene rings is 3. The Balaban J connectivity index is 1.40. The van der Waals surface area contributed by atoms with Crippen molar-refractivity contribution in [1.82, 2.24) is 4.98 Å². The molecule has 2 amide bonds. The third kappa shape index (κ3) is 5.50. The molecule has 3 aromatic carbocycles. The highest BCUT2D eigenvalue weighted by Gasteiger charge is 2.18. The Kier molecular flexibility index (Phi) is 7.04. The van der Waals surface area contributed by atoms with Crippen LogP contribution in [-0.4, -0.2) is 34.6 Å². The Hall–Kier alpha value is -3.96. The predicted octanol–water partition coefficient (Wildman–Crippen LogP) is 5.20. The lowest BCUT2D eigenvalue weighted by Gasteiger charge is -2.07. The van der Waals surface area contributed by atoms with Crippen LogP contribution in [0, 0.1) is 10.1 Å². The zero-order chi connectivity index (χ0) is 24.1. The first-order valence-electron chi connectivity index (χ1n) is 9.95. The molecule has 0 bridgehead atoms. The van der Waals surface area contributed by atoms with E-state index in [0.29, 0.717) is 21.3 Å². The molecule has 1 aromatic heterocycles. The van der Waals surface area contributed by atoms with E-state index in [9.17, 15) is 19.7 Å². The van der Waals surface area contributed by atoms with Gasteiger partial charge < -0.3 is 15.4 Å². The minimum Gasteiger partial charge on any atom is -0.496 e. The van der Waals surface area contributed by atoms with E-state index >= 15 is 0 Å². The van der Waals surface area contributed by atoms with Gasteiger partial charge in [0.15, 0.2) is 4.34 Å². The minimum atomic E-state index is -0.576. The van der Waals surface area contributed by atoms with Crippen molar-refractivity contribution in [3.8, 4) is 5.75 Å². The number of hydrogen-bond acceptors (Lipinski definition) is 8. The van der Waals surface area contributed by atoms with Crippen LogP contribution in [0.3, 0.4) is 0 Å². The largest absolute Gasteiger partial charge is 0.496 e. The zero-order valence-electron chi connectivity index (χ0n) is 17.8. The third-order valence-electron chi connectivity index (χ3n) is 4.67. The Morgan fingerprint density at radius 1 is 1.09 bits per heavy atom. The van der Waals surface area contributed by atoms with E-state index in [-0.39, 0.29) is 23.0 Å². The molecule has 0 aliphatic rings. The van der Waals surface area contributed by atoms with Gasteiger partial charge in [0.25, 0.3) is 11.6 Å². The van der Waals surface area contributed by atoms with Gasteiger partial charge in [-0.1, -0.05) is 30.0 Å². The fourth-order valence-electron chi connectivity index (χ4n) is 3.04. The number of hydrogen-bond donors (Lipinski definition) is 2. The number of aromatic nitrogens is 1. The smallest absolute Gasteiger partial charge is 0.296 e. The molecule has 34 heavy (non-hydrogen) atoms. The molecule has 0 aliphatic heterocycles. The second-order valence-electron chi connectivity index (χ2n) is 6.96. The van der Waals surface area contributed by atoms with Crippen molar-refractivity contribution in [1.29, 1.82) is 0 Å². The molecular formula is C23H18N4O5S2. The van der Waals surface area contributed by atoms with Gasteiger partial charge in [-0.2, -0.15) is 0 Å². The second kappa shape index (κ2) is 10.3. The summed E-state index contributed by atoms with van der Waals surface area (Å²) in [6, 6.07) is 18.6. The molecule has 0 atom stereocenters. The summed E-state index contributed by atoms with van der Waals surface area (Å²) in [4.78, 5) is 40.0. The molecule has 0 spiro atoms. The molecule has 0 aliphatic carbocycles. The summed E-state index contributed by atoms with van der Waals surface area (Å²) in [6.45, 7) is 0. The summed E-state index contributed by atoms with van der Waals surface area (Å²) in [7, 11) is 1.41. The number of carbonyl (C=O) groups excluding carboxylic acids is 2. The Bertz CT molecular complexity index is 1370. The number of nitro groups is 1. The van der Waals surface area contributed by atoms with Crippen LogP contribution in [0.5, 0.6) is 5.75 Å². The molecule has 4 aromatic rings. The Labute approximate surface area is 202 Å². The van der Waals surface area contributed by atoms with Crippen molar-refractivity contribution in [3.63, 3.8) is 0 Å². The van der Waals surface area contributed by atoms with E-state index in [1.807, 2.05) is 12.1 Å². The lowest BCUT2D eigenvalue weighted by molar-refractivity contribution is -0.384. The van der Waals surface area contributed by atoms with Crippen LogP contribution in [0.15, 0.2) is 71.1 Å². The molecule has 0 saturated carbocycles. The van der Waals surface area contributed by atoms with Gasteiger partial charge in [-0.05, 0) is 42.5 Å². The number of thiazole rings is 1. The van der Waals surface area contributed by atoms with E-state index in [1.54, 1.807) is 36.4 Å². The standard InChI is InChI=1S/C23H18N4O5S2/c1-32-16-8-10-17(19(12-16)27(30)31)25-21(28)13-33-23-26-18-9-7-15(11-20(18)34-23)24-22(29)14-5-3-2-4-6-14/h2-12H,13H2,1H3,(H,24,29)(H,25,28). The fourth-order valence-corrected chi connectivity index (χ4v) is 4.95. The molecule has 0 radical (unpaired) electrons. The minimum absolute atomic E-state index is 0.0284. The van der Waals surface area contributed by atoms with Gasteiger partial charge >= 0.3 is 0 Å². The number of rotatable bonds is 8. The van der Waals surface area contributed by atoms with E-state index in [1.165, 1.54) is 48.4 Å². The van der Waals surface area contributed by atoms with Gasteiger partial charge in [-0.3, -0.25) is 19.7 Å². The number of nitrogens with one attached hydrogen (secondary N) is 2. The number of anilines is 2. The molecule has 0 fully saturated rings. The Morgan fingerprint density at radius 3 is 2.62 bits per heavy atom. The van der Waals surface area contributed by atoms with Crippen LogP contribution in [0.4, 0.5) is 17.1 Å². The highest BCUT2D eigenvalue weighted by atomic mass is 32.2. The van der Waals surface area contributed by atoms with Gasteiger partial charge in [-0.15, -0.1) is 11.3 Å². The Morgan fingerprint density at radius 2 is 1.88 bits per heavy atom. The molecule has 0 saturated heterocycles. The zero-order valence-corrected chi connectivity index (χ0v) is 19.4.